The lowest BCUT2D eigenvalue weighted by Gasteiger charge is -2.36. The summed E-state index contributed by atoms with van der Waals surface area (Å²) < 4.78 is 11.1. The van der Waals surface area contributed by atoms with E-state index in [2.05, 4.69) is 11.4 Å². The van der Waals surface area contributed by atoms with E-state index in [-0.39, 0.29) is 5.54 Å². The molecule has 84 valence electrons. The van der Waals surface area contributed by atoms with Crippen molar-refractivity contribution in [1.82, 2.24) is 5.32 Å². The minimum absolute atomic E-state index is 0.0960. The van der Waals surface area contributed by atoms with Crippen LogP contribution in [0.15, 0.2) is 16.5 Å². The van der Waals surface area contributed by atoms with Gasteiger partial charge in [-0.15, -0.1) is 0 Å². The fraction of sp³-hybridized carbons (Fsp3) is 0.667. The molecule has 15 heavy (non-hydrogen) atoms. The normalized spacial score (nSPS) is 26.8. The third-order valence-corrected chi connectivity index (χ3v) is 3.10. The van der Waals surface area contributed by atoms with Crippen molar-refractivity contribution >= 4 is 0 Å². The molecule has 1 aliphatic heterocycles. The van der Waals surface area contributed by atoms with Crippen LogP contribution < -0.4 is 5.32 Å². The summed E-state index contributed by atoms with van der Waals surface area (Å²) in [6.45, 7) is 3.70. The van der Waals surface area contributed by atoms with Gasteiger partial charge in [-0.2, -0.15) is 0 Å². The first-order chi connectivity index (χ1) is 7.27. The SMILES string of the molecule is COCC1(c2ccc(C)o2)CCCCN1. The fourth-order valence-electron chi connectivity index (χ4n) is 2.31. The first-order valence-corrected chi connectivity index (χ1v) is 5.58. The van der Waals surface area contributed by atoms with E-state index in [1.807, 2.05) is 13.0 Å². The topological polar surface area (TPSA) is 34.4 Å². The summed E-state index contributed by atoms with van der Waals surface area (Å²) in [5.74, 6) is 1.98. The summed E-state index contributed by atoms with van der Waals surface area (Å²) in [7, 11) is 1.74. The smallest absolute Gasteiger partial charge is 0.126 e. The maximum absolute atomic E-state index is 5.74. The van der Waals surface area contributed by atoms with E-state index in [1.54, 1.807) is 7.11 Å². The van der Waals surface area contributed by atoms with Crippen LogP contribution in [-0.4, -0.2) is 20.3 Å². The molecular weight excluding hydrogens is 190 g/mol. The number of hydrogen-bond donors (Lipinski definition) is 1. The zero-order valence-electron chi connectivity index (χ0n) is 9.51. The molecule has 0 aromatic carbocycles. The number of hydrogen-bond acceptors (Lipinski definition) is 3. The Labute approximate surface area is 90.8 Å². The molecule has 0 bridgehead atoms. The number of aryl methyl sites for hydroxylation is 1. The van der Waals surface area contributed by atoms with Crippen molar-refractivity contribution in [2.45, 2.75) is 31.7 Å². The summed E-state index contributed by atoms with van der Waals surface area (Å²) in [5, 5.41) is 3.54. The number of rotatable bonds is 3. The molecule has 0 radical (unpaired) electrons. The number of nitrogens with one attached hydrogen (secondary N) is 1. The standard InChI is InChI=1S/C12H19NO2/c1-10-5-6-11(15-10)12(9-14-2)7-3-4-8-13-12/h5-6,13H,3-4,7-9H2,1-2H3. The Hall–Kier alpha value is -0.800. The predicted octanol–water partition coefficient (Wildman–Crippen LogP) is 2.20. The van der Waals surface area contributed by atoms with Crippen LogP contribution in [0.3, 0.4) is 0 Å². The van der Waals surface area contributed by atoms with Gasteiger partial charge in [0, 0.05) is 7.11 Å². The molecule has 1 N–H and O–H groups in total. The third kappa shape index (κ3) is 2.08. The summed E-state index contributed by atoms with van der Waals surface area (Å²) in [5.41, 5.74) is -0.0960. The third-order valence-electron chi connectivity index (χ3n) is 3.10. The van der Waals surface area contributed by atoms with Crippen LogP contribution in [0.25, 0.3) is 0 Å². The molecule has 1 fully saturated rings. The molecule has 1 aromatic rings. The number of furan rings is 1. The van der Waals surface area contributed by atoms with Crippen LogP contribution in [0, 0.1) is 6.92 Å². The lowest BCUT2D eigenvalue weighted by atomic mass is 9.87. The molecular formula is C12H19NO2. The van der Waals surface area contributed by atoms with Crippen LogP contribution in [0.2, 0.25) is 0 Å². The second-order valence-corrected chi connectivity index (χ2v) is 4.31. The zero-order chi connectivity index (χ0) is 10.7. The molecule has 1 aliphatic rings. The summed E-state index contributed by atoms with van der Waals surface area (Å²) >= 11 is 0. The van der Waals surface area contributed by atoms with E-state index in [1.165, 1.54) is 12.8 Å². The molecule has 0 spiro atoms. The molecule has 3 heteroatoms. The van der Waals surface area contributed by atoms with Gasteiger partial charge in [0.25, 0.3) is 0 Å². The minimum Gasteiger partial charge on any atom is -0.464 e. The average molecular weight is 209 g/mol. The monoisotopic (exact) mass is 209 g/mol. The Morgan fingerprint density at radius 1 is 1.47 bits per heavy atom. The highest BCUT2D eigenvalue weighted by Crippen LogP contribution is 2.31. The van der Waals surface area contributed by atoms with Crippen LogP contribution in [0.4, 0.5) is 0 Å². The van der Waals surface area contributed by atoms with E-state index in [0.29, 0.717) is 6.61 Å². The Kier molecular flexibility index (Phi) is 3.12. The average Bonchev–Trinajstić information content (AvgIpc) is 2.67. The molecule has 0 amide bonds. The lowest BCUT2D eigenvalue weighted by Crippen LogP contribution is -2.48. The van der Waals surface area contributed by atoms with E-state index in [0.717, 1.165) is 24.5 Å². The quantitative estimate of drug-likeness (QED) is 0.828. The van der Waals surface area contributed by atoms with E-state index < -0.39 is 0 Å². The second kappa shape index (κ2) is 4.37. The maximum atomic E-state index is 5.74. The Balaban J connectivity index is 2.24. The van der Waals surface area contributed by atoms with Gasteiger partial charge in [-0.1, -0.05) is 0 Å². The lowest BCUT2D eigenvalue weighted by molar-refractivity contribution is 0.0727. The maximum Gasteiger partial charge on any atom is 0.126 e. The van der Waals surface area contributed by atoms with Gasteiger partial charge in [0.05, 0.1) is 6.61 Å². The van der Waals surface area contributed by atoms with Gasteiger partial charge in [-0.25, -0.2) is 0 Å². The molecule has 0 saturated carbocycles. The summed E-state index contributed by atoms with van der Waals surface area (Å²) in [6.07, 6.45) is 3.56. The molecule has 1 aromatic heterocycles. The predicted molar refractivity (Wildman–Crippen MR) is 58.9 cm³/mol. The van der Waals surface area contributed by atoms with Crippen molar-refractivity contribution in [2.24, 2.45) is 0 Å². The number of ether oxygens (including phenoxy) is 1. The van der Waals surface area contributed by atoms with Crippen molar-refractivity contribution in [3.8, 4) is 0 Å². The molecule has 0 aliphatic carbocycles. The largest absolute Gasteiger partial charge is 0.464 e. The number of piperidine rings is 1. The van der Waals surface area contributed by atoms with Gasteiger partial charge in [-0.3, -0.25) is 0 Å². The molecule has 3 nitrogen and oxygen atoms in total. The van der Waals surface area contributed by atoms with Crippen molar-refractivity contribution in [3.63, 3.8) is 0 Å². The Bertz CT molecular complexity index is 308. The van der Waals surface area contributed by atoms with Crippen LogP contribution >= 0.6 is 0 Å². The van der Waals surface area contributed by atoms with E-state index >= 15 is 0 Å². The van der Waals surface area contributed by atoms with Gasteiger partial charge in [0.2, 0.25) is 0 Å². The molecule has 1 unspecified atom stereocenters. The number of methoxy groups -OCH3 is 1. The van der Waals surface area contributed by atoms with Gasteiger partial charge in [-0.05, 0) is 44.9 Å². The van der Waals surface area contributed by atoms with Crippen molar-refractivity contribution in [1.29, 1.82) is 0 Å². The molecule has 1 atom stereocenters. The van der Waals surface area contributed by atoms with Gasteiger partial charge < -0.3 is 14.5 Å². The van der Waals surface area contributed by atoms with Crippen molar-refractivity contribution < 1.29 is 9.15 Å². The van der Waals surface area contributed by atoms with Gasteiger partial charge in [0.1, 0.15) is 17.1 Å². The Morgan fingerprint density at radius 3 is 2.87 bits per heavy atom. The fourth-order valence-corrected chi connectivity index (χ4v) is 2.31. The summed E-state index contributed by atoms with van der Waals surface area (Å²) in [6, 6.07) is 4.08. The van der Waals surface area contributed by atoms with Gasteiger partial charge in [0.15, 0.2) is 0 Å². The van der Waals surface area contributed by atoms with Crippen molar-refractivity contribution in [3.05, 3.63) is 23.7 Å². The van der Waals surface area contributed by atoms with Crippen molar-refractivity contribution in [2.75, 3.05) is 20.3 Å². The first-order valence-electron chi connectivity index (χ1n) is 5.58. The first kappa shape index (κ1) is 10.7. The van der Waals surface area contributed by atoms with Crippen LogP contribution in [0.5, 0.6) is 0 Å². The van der Waals surface area contributed by atoms with Gasteiger partial charge >= 0.3 is 0 Å². The Morgan fingerprint density at radius 2 is 2.33 bits per heavy atom. The van der Waals surface area contributed by atoms with Crippen LogP contribution in [0.1, 0.15) is 30.8 Å². The van der Waals surface area contributed by atoms with E-state index in [9.17, 15) is 0 Å². The molecule has 2 heterocycles. The molecule has 1 saturated heterocycles. The second-order valence-electron chi connectivity index (χ2n) is 4.31. The van der Waals surface area contributed by atoms with E-state index in [4.69, 9.17) is 9.15 Å². The molecule has 2 rings (SSSR count). The zero-order valence-corrected chi connectivity index (χ0v) is 9.51. The van der Waals surface area contributed by atoms with Crippen LogP contribution in [-0.2, 0) is 10.3 Å². The highest BCUT2D eigenvalue weighted by atomic mass is 16.5. The minimum atomic E-state index is -0.0960. The summed E-state index contributed by atoms with van der Waals surface area (Å²) in [4.78, 5) is 0. The highest BCUT2D eigenvalue weighted by Gasteiger charge is 2.36. The highest BCUT2D eigenvalue weighted by molar-refractivity contribution is 5.17.